The maximum Gasteiger partial charge on any atom is 0.335 e. The van der Waals surface area contributed by atoms with E-state index in [1.165, 1.54) is 0 Å². The van der Waals surface area contributed by atoms with Crippen LogP contribution in [0.3, 0.4) is 0 Å². The second kappa shape index (κ2) is 8.52. The van der Waals surface area contributed by atoms with E-state index in [9.17, 15) is 4.79 Å². The van der Waals surface area contributed by atoms with E-state index in [0.29, 0.717) is 17.4 Å². The molecule has 27 heavy (non-hydrogen) atoms. The number of hydrogen-bond acceptors (Lipinski definition) is 3. The van der Waals surface area contributed by atoms with Crippen molar-refractivity contribution >= 4 is 29.5 Å². The minimum absolute atomic E-state index is 0.253. The minimum atomic E-state index is -0.944. The predicted octanol–water partition coefficient (Wildman–Crippen LogP) is 5.68. The molecule has 1 N–H and O–H groups in total. The SMILES string of the molecule is Cc1ccc(Cl)cc1N=Cc1ccccc1OCc1ccc(C(=O)O)cc1. The Balaban J connectivity index is 1.75. The first-order chi connectivity index (χ1) is 13.0. The quantitative estimate of drug-likeness (QED) is 0.561. The highest BCUT2D eigenvalue weighted by Crippen LogP contribution is 2.24. The van der Waals surface area contributed by atoms with E-state index >= 15 is 0 Å². The molecule has 0 bridgehead atoms. The lowest BCUT2D eigenvalue weighted by Crippen LogP contribution is -2.00. The molecule has 0 aliphatic rings. The van der Waals surface area contributed by atoms with Crippen molar-refractivity contribution in [2.24, 2.45) is 4.99 Å². The summed E-state index contributed by atoms with van der Waals surface area (Å²) in [7, 11) is 0. The highest BCUT2D eigenvalue weighted by atomic mass is 35.5. The van der Waals surface area contributed by atoms with Crippen LogP contribution >= 0.6 is 11.6 Å². The molecule has 0 spiro atoms. The Morgan fingerprint density at radius 3 is 2.59 bits per heavy atom. The smallest absolute Gasteiger partial charge is 0.335 e. The number of aryl methyl sites for hydroxylation is 1. The van der Waals surface area contributed by atoms with Crippen molar-refractivity contribution < 1.29 is 14.6 Å². The average Bonchev–Trinajstić information content (AvgIpc) is 2.68. The van der Waals surface area contributed by atoms with Crippen molar-refractivity contribution in [1.82, 2.24) is 0 Å². The van der Waals surface area contributed by atoms with Gasteiger partial charge in [0.2, 0.25) is 0 Å². The first kappa shape index (κ1) is 18.7. The van der Waals surface area contributed by atoms with E-state index in [0.717, 1.165) is 22.4 Å². The van der Waals surface area contributed by atoms with Crippen molar-refractivity contribution in [3.05, 3.63) is 94.0 Å². The molecular formula is C22H18ClNO3. The second-order valence-electron chi connectivity index (χ2n) is 6.02. The van der Waals surface area contributed by atoms with Gasteiger partial charge in [0.1, 0.15) is 12.4 Å². The van der Waals surface area contributed by atoms with Crippen molar-refractivity contribution in [3.8, 4) is 5.75 Å². The third-order valence-electron chi connectivity index (χ3n) is 4.03. The predicted molar refractivity (Wildman–Crippen MR) is 108 cm³/mol. The fourth-order valence-electron chi connectivity index (χ4n) is 2.48. The van der Waals surface area contributed by atoms with Crippen LogP contribution in [0.5, 0.6) is 5.75 Å². The number of para-hydroxylation sites is 1. The normalized spacial score (nSPS) is 10.9. The molecule has 3 aromatic carbocycles. The second-order valence-corrected chi connectivity index (χ2v) is 6.45. The van der Waals surface area contributed by atoms with Gasteiger partial charge in [-0.3, -0.25) is 4.99 Å². The van der Waals surface area contributed by atoms with Crippen LogP contribution < -0.4 is 4.74 Å². The van der Waals surface area contributed by atoms with E-state index in [-0.39, 0.29) is 5.56 Å². The van der Waals surface area contributed by atoms with Gasteiger partial charge in [0.25, 0.3) is 0 Å². The Kier molecular flexibility index (Phi) is 5.89. The number of benzene rings is 3. The standard InChI is InChI=1S/C22H18ClNO3/c1-15-6-11-19(23)12-20(15)24-13-18-4-2-3-5-21(18)27-14-16-7-9-17(10-8-16)22(25)26/h2-13H,14H2,1H3,(H,25,26). The van der Waals surface area contributed by atoms with Crippen LogP contribution in [0.2, 0.25) is 5.02 Å². The summed E-state index contributed by atoms with van der Waals surface area (Å²) in [5.74, 6) is -0.247. The van der Waals surface area contributed by atoms with Crippen LogP contribution in [0.25, 0.3) is 0 Å². The molecule has 4 nitrogen and oxygen atoms in total. The summed E-state index contributed by atoms with van der Waals surface area (Å²) in [5.41, 5.74) is 3.83. The average molecular weight is 380 g/mol. The van der Waals surface area contributed by atoms with Gasteiger partial charge in [-0.25, -0.2) is 4.79 Å². The van der Waals surface area contributed by atoms with E-state index in [1.54, 1.807) is 30.5 Å². The molecule has 0 heterocycles. The van der Waals surface area contributed by atoms with Gasteiger partial charge in [0, 0.05) is 16.8 Å². The highest BCUT2D eigenvalue weighted by molar-refractivity contribution is 6.30. The molecular weight excluding hydrogens is 362 g/mol. The van der Waals surface area contributed by atoms with E-state index in [2.05, 4.69) is 4.99 Å². The van der Waals surface area contributed by atoms with E-state index < -0.39 is 5.97 Å². The molecule has 0 aliphatic carbocycles. The molecule has 3 aromatic rings. The maximum absolute atomic E-state index is 10.9. The zero-order valence-corrected chi connectivity index (χ0v) is 15.5. The molecule has 0 radical (unpaired) electrons. The van der Waals surface area contributed by atoms with Gasteiger partial charge in [-0.15, -0.1) is 0 Å². The van der Waals surface area contributed by atoms with Crippen molar-refractivity contribution in [3.63, 3.8) is 0 Å². The molecule has 0 atom stereocenters. The number of nitrogens with zero attached hydrogens (tertiary/aromatic N) is 1. The summed E-state index contributed by atoms with van der Waals surface area (Å²) >= 11 is 6.04. The third-order valence-corrected chi connectivity index (χ3v) is 4.26. The maximum atomic E-state index is 10.9. The summed E-state index contributed by atoms with van der Waals surface area (Å²) in [6, 6.07) is 19.8. The molecule has 5 heteroatoms. The lowest BCUT2D eigenvalue weighted by molar-refractivity contribution is 0.0697. The highest BCUT2D eigenvalue weighted by Gasteiger charge is 2.05. The Hall–Kier alpha value is -3.11. The van der Waals surface area contributed by atoms with Crippen LogP contribution in [0.1, 0.15) is 27.0 Å². The number of aliphatic imine (C=N–C) groups is 1. The topological polar surface area (TPSA) is 58.9 Å². The molecule has 0 fully saturated rings. The third kappa shape index (κ3) is 4.96. The molecule has 0 aliphatic heterocycles. The molecule has 3 rings (SSSR count). The van der Waals surface area contributed by atoms with Crippen LogP contribution in [-0.4, -0.2) is 17.3 Å². The zero-order valence-electron chi connectivity index (χ0n) is 14.7. The molecule has 0 unspecified atom stereocenters. The molecule has 0 amide bonds. The lowest BCUT2D eigenvalue weighted by Gasteiger charge is -2.09. The van der Waals surface area contributed by atoms with Gasteiger partial charge in [0.05, 0.1) is 11.3 Å². The van der Waals surface area contributed by atoms with Crippen molar-refractivity contribution in [2.75, 3.05) is 0 Å². The van der Waals surface area contributed by atoms with Gasteiger partial charge < -0.3 is 9.84 Å². The molecule has 0 saturated heterocycles. The molecule has 136 valence electrons. The van der Waals surface area contributed by atoms with Crippen LogP contribution in [-0.2, 0) is 6.61 Å². The number of halogens is 1. The number of rotatable bonds is 6. The van der Waals surface area contributed by atoms with E-state index in [1.807, 2.05) is 49.4 Å². The number of aromatic carboxylic acids is 1. The number of hydrogen-bond donors (Lipinski definition) is 1. The number of carboxylic acid groups (broad SMARTS) is 1. The van der Waals surface area contributed by atoms with Crippen LogP contribution in [0, 0.1) is 6.92 Å². The van der Waals surface area contributed by atoms with Gasteiger partial charge in [-0.1, -0.05) is 41.9 Å². The summed E-state index contributed by atoms with van der Waals surface area (Å²) < 4.78 is 5.90. The summed E-state index contributed by atoms with van der Waals surface area (Å²) in [4.78, 5) is 15.4. The van der Waals surface area contributed by atoms with Gasteiger partial charge in [-0.2, -0.15) is 0 Å². The van der Waals surface area contributed by atoms with Crippen molar-refractivity contribution in [1.29, 1.82) is 0 Å². The number of ether oxygens (including phenoxy) is 1. The number of carbonyl (C=O) groups is 1. The zero-order chi connectivity index (χ0) is 19.2. The monoisotopic (exact) mass is 379 g/mol. The Labute approximate surface area is 162 Å². The van der Waals surface area contributed by atoms with Crippen molar-refractivity contribution in [2.45, 2.75) is 13.5 Å². The van der Waals surface area contributed by atoms with Gasteiger partial charge in [-0.05, 0) is 54.4 Å². The Morgan fingerprint density at radius 2 is 1.85 bits per heavy atom. The lowest BCUT2D eigenvalue weighted by atomic mass is 10.1. The largest absolute Gasteiger partial charge is 0.488 e. The minimum Gasteiger partial charge on any atom is -0.488 e. The summed E-state index contributed by atoms with van der Waals surface area (Å²) in [5, 5.41) is 9.60. The van der Waals surface area contributed by atoms with Gasteiger partial charge >= 0.3 is 5.97 Å². The van der Waals surface area contributed by atoms with Crippen LogP contribution in [0.15, 0.2) is 71.7 Å². The Morgan fingerprint density at radius 1 is 1.11 bits per heavy atom. The Bertz CT molecular complexity index is 981. The first-order valence-electron chi connectivity index (χ1n) is 8.37. The summed E-state index contributed by atoms with van der Waals surface area (Å²) in [6.07, 6.45) is 1.75. The molecule has 0 saturated carbocycles. The fourth-order valence-corrected chi connectivity index (χ4v) is 2.65. The van der Waals surface area contributed by atoms with Gasteiger partial charge in [0.15, 0.2) is 0 Å². The summed E-state index contributed by atoms with van der Waals surface area (Å²) in [6.45, 7) is 2.31. The fraction of sp³-hybridized carbons (Fsp3) is 0.0909. The first-order valence-corrected chi connectivity index (χ1v) is 8.75. The molecule has 0 aromatic heterocycles. The van der Waals surface area contributed by atoms with Crippen LogP contribution in [0.4, 0.5) is 5.69 Å². The van der Waals surface area contributed by atoms with E-state index in [4.69, 9.17) is 21.4 Å². The number of carboxylic acids is 1.